The summed E-state index contributed by atoms with van der Waals surface area (Å²) in [6.07, 6.45) is 4.14. The standard InChI is InChI=1S/C14H17NO/c1-3-8-13(14(15)16)12(4-2)11-9-6-5-7-10-11/h3,5-10,12H,1,4H2,2H3,(H2,15,16)/t12-/m0/s1. The van der Waals surface area contributed by atoms with Crippen LogP contribution in [0, 0.1) is 0 Å². The van der Waals surface area contributed by atoms with Gasteiger partial charge in [-0.3, -0.25) is 4.79 Å². The maximum atomic E-state index is 11.4. The smallest absolute Gasteiger partial charge is 0.245 e. The van der Waals surface area contributed by atoms with Crippen molar-refractivity contribution in [1.29, 1.82) is 0 Å². The molecule has 0 aliphatic carbocycles. The van der Waals surface area contributed by atoms with Gasteiger partial charge in [0.15, 0.2) is 0 Å². The normalized spacial score (nSPS) is 13.2. The molecule has 0 bridgehead atoms. The Morgan fingerprint density at radius 2 is 2.06 bits per heavy atom. The number of nitrogens with two attached hydrogens (primary N) is 1. The van der Waals surface area contributed by atoms with E-state index < -0.39 is 0 Å². The maximum absolute atomic E-state index is 11.4. The molecule has 0 saturated heterocycles. The Labute approximate surface area is 96.5 Å². The molecule has 0 heterocycles. The molecule has 0 saturated carbocycles. The van der Waals surface area contributed by atoms with E-state index in [4.69, 9.17) is 5.73 Å². The van der Waals surface area contributed by atoms with Gasteiger partial charge in [0.1, 0.15) is 0 Å². The third-order valence-corrected chi connectivity index (χ3v) is 2.57. The Morgan fingerprint density at radius 1 is 1.44 bits per heavy atom. The summed E-state index contributed by atoms with van der Waals surface area (Å²) in [6.45, 7) is 5.65. The summed E-state index contributed by atoms with van der Waals surface area (Å²) < 4.78 is 0. The second-order valence-electron chi connectivity index (χ2n) is 3.59. The van der Waals surface area contributed by atoms with E-state index in [1.54, 1.807) is 12.2 Å². The van der Waals surface area contributed by atoms with E-state index in [0.717, 1.165) is 12.0 Å². The van der Waals surface area contributed by atoms with Gasteiger partial charge >= 0.3 is 0 Å². The molecule has 2 heteroatoms. The molecule has 0 spiro atoms. The molecule has 1 atom stereocenters. The molecule has 0 radical (unpaired) electrons. The van der Waals surface area contributed by atoms with Crippen molar-refractivity contribution in [3.8, 4) is 0 Å². The van der Waals surface area contributed by atoms with E-state index in [1.165, 1.54) is 0 Å². The van der Waals surface area contributed by atoms with Gasteiger partial charge in [0, 0.05) is 11.5 Å². The van der Waals surface area contributed by atoms with Crippen molar-refractivity contribution in [2.75, 3.05) is 0 Å². The second-order valence-corrected chi connectivity index (χ2v) is 3.59. The first-order valence-corrected chi connectivity index (χ1v) is 5.38. The molecule has 1 rings (SSSR count). The van der Waals surface area contributed by atoms with E-state index in [1.807, 2.05) is 37.3 Å². The Balaban J connectivity index is 3.10. The van der Waals surface area contributed by atoms with Crippen LogP contribution in [0.1, 0.15) is 24.8 Å². The van der Waals surface area contributed by atoms with Gasteiger partial charge in [-0.2, -0.15) is 0 Å². The number of amides is 1. The summed E-state index contributed by atoms with van der Waals surface area (Å²) in [6, 6.07) is 9.90. The van der Waals surface area contributed by atoms with Gasteiger partial charge in [0.2, 0.25) is 5.91 Å². The van der Waals surface area contributed by atoms with Crippen molar-refractivity contribution < 1.29 is 4.79 Å². The highest BCUT2D eigenvalue weighted by Crippen LogP contribution is 2.27. The van der Waals surface area contributed by atoms with Crippen molar-refractivity contribution in [3.63, 3.8) is 0 Å². The SMILES string of the molecule is C=CC=C(C(N)=O)[C@@H](CC)c1ccccc1. The highest BCUT2D eigenvalue weighted by atomic mass is 16.1. The van der Waals surface area contributed by atoms with E-state index >= 15 is 0 Å². The molecule has 0 aromatic heterocycles. The lowest BCUT2D eigenvalue weighted by Gasteiger charge is -2.16. The summed E-state index contributed by atoms with van der Waals surface area (Å²) in [4.78, 5) is 11.4. The van der Waals surface area contributed by atoms with Gasteiger partial charge in [0.05, 0.1) is 0 Å². The number of hydrogen-bond donors (Lipinski definition) is 1. The molecule has 0 unspecified atom stereocenters. The maximum Gasteiger partial charge on any atom is 0.245 e. The summed E-state index contributed by atoms with van der Waals surface area (Å²) in [5.41, 5.74) is 7.10. The van der Waals surface area contributed by atoms with Gasteiger partial charge in [0.25, 0.3) is 0 Å². The lowest BCUT2D eigenvalue weighted by atomic mass is 9.88. The third-order valence-electron chi connectivity index (χ3n) is 2.57. The van der Waals surface area contributed by atoms with Crippen LogP contribution in [0.15, 0.2) is 54.6 Å². The Hall–Kier alpha value is -1.83. The second kappa shape index (κ2) is 5.91. The van der Waals surface area contributed by atoms with Crippen LogP contribution in [0.2, 0.25) is 0 Å². The molecule has 84 valence electrons. The number of rotatable bonds is 5. The van der Waals surface area contributed by atoms with Crippen LogP contribution in [0.3, 0.4) is 0 Å². The first-order chi connectivity index (χ1) is 7.70. The van der Waals surface area contributed by atoms with Gasteiger partial charge in [-0.1, -0.05) is 56.0 Å². The van der Waals surface area contributed by atoms with E-state index in [9.17, 15) is 4.79 Å². The first-order valence-electron chi connectivity index (χ1n) is 5.38. The van der Waals surface area contributed by atoms with Crippen molar-refractivity contribution in [3.05, 3.63) is 60.2 Å². The monoisotopic (exact) mass is 215 g/mol. The van der Waals surface area contributed by atoms with E-state index in [0.29, 0.717) is 5.57 Å². The van der Waals surface area contributed by atoms with Crippen molar-refractivity contribution in [1.82, 2.24) is 0 Å². The number of carbonyl (C=O) groups is 1. The topological polar surface area (TPSA) is 43.1 Å². The predicted molar refractivity (Wildman–Crippen MR) is 66.9 cm³/mol. The van der Waals surface area contributed by atoms with Gasteiger partial charge in [-0.05, 0) is 12.0 Å². The minimum absolute atomic E-state index is 0.0525. The minimum atomic E-state index is -0.379. The summed E-state index contributed by atoms with van der Waals surface area (Å²) in [5.74, 6) is -0.327. The lowest BCUT2D eigenvalue weighted by Crippen LogP contribution is -2.19. The quantitative estimate of drug-likeness (QED) is 0.595. The van der Waals surface area contributed by atoms with Crippen molar-refractivity contribution in [2.45, 2.75) is 19.3 Å². The molecule has 1 amide bonds. The number of primary amides is 1. The van der Waals surface area contributed by atoms with Crippen LogP contribution < -0.4 is 5.73 Å². The molecule has 1 aromatic rings. The van der Waals surface area contributed by atoms with Crippen LogP contribution in [0.4, 0.5) is 0 Å². The van der Waals surface area contributed by atoms with Crippen LogP contribution in [0.25, 0.3) is 0 Å². The average molecular weight is 215 g/mol. The van der Waals surface area contributed by atoms with Crippen molar-refractivity contribution in [2.24, 2.45) is 5.73 Å². The molecule has 0 aliphatic rings. The molecule has 2 N–H and O–H groups in total. The number of hydrogen-bond acceptors (Lipinski definition) is 1. The molecule has 2 nitrogen and oxygen atoms in total. The fourth-order valence-electron chi connectivity index (χ4n) is 1.82. The number of benzene rings is 1. The molecule has 0 fully saturated rings. The van der Waals surface area contributed by atoms with Crippen LogP contribution in [-0.2, 0) is 4.79 Å². The zero-order chi connectivity index (χ0) is 12.0. The minimum Gasteiger partial charge on any atom is -0.366 e. The van der Waals surface area contributed by atoms with Gasteiger partial charge in [-0.25, -0.2) is 0 Å². The largest absolute Gasteiger partial charge is 0.366 e. The summed E-state index contributed by atoms with van der Waals surface area (Å²) >= 11 is 0. The fourth-order valence-corrected chi connectivity index (χ4v) is 1.82. The highest BCUT2D eigenvalue weighted by Gasteiger charge is 2.18. The van der Waals surface area contributed by atoms with E-state index in [-0.39, 0.29) is 11.8 Å². The van der Waals surface area contributed by atoms with Crippen molar-refractivity contribution >= 4 is 5.91 Å². The Bertz CT molecular complexity index is 392. The lowest BCUT2D eigenvalue weighted by molar-refractivity contribution is -0.114. The van der Waals surface area contributed by atoms with Gasteiger partial charge in [-0.15, -0.1) is 0 Å². The fraction of sp³-hybridized carbons (Fsp3) is 0.214. The van der Waals surface area contributed by atoms with Crippen LogP contribution >= 0.6 is 0 Å². The molecule has 0 aliphatic heterocycles. The molecule has 1 aromatic carbocycles. The summed E-state index contributed by atoms with van der Waals surface area (Å²) in [5, 5.41) is 0. The molecule has 16 heavy (non-hydrogen) atoms. The first kappa shape index (κ1) is 12.2. The third kappa shape index (κ3) is 2.83. The number of allylic oxidation sites excluding steroid dienone is 2. The average Bonchev–Trinajstić information content (AvgIpc) is 2.30. The van der Waals surface area contributed by atoms with Crippen LogP contribution in [0.5, 0.6) is 0 Å². The van der Waals surface area contributed by atoms with E-state index in [2.05, 4.69) is 6.58 Å². The zero-order valence-corrected chi connectivity index (χ0v) is 9.52. The zero-order valence-electron chi connectivity index (χ0n) is 9.52. The molecular weight excluding hydrogens is 198 g/mol. The highest BCUT2D eigenvalue weighted by molar-refractivity contribution is 5.93. The van der Waals surface area contributed by atoms with Gasteiger partial charge < -0.3 is 5.73 Å². The molecular formula is C14H17NO. The summed E-state index contributed by atoms with van der Waals surface area (Å²) in [7, 11) is 0. The predicted octanol–water partition coefficient (Wildman–Crippen LogP) is 2.78. The Kier molecular flexibility index (Phi) is 4.52. The Morgan fingerprint density at radius 3 is 2.50 bits per heavy atom. The number of carbonyl (C=O) groups excluding carboxylic acids is 1. The van der Waals surface area contributed by atoms with Crippen LogP contribution in [-0.4, -0.2) is 5.91 Å².